The van der Waals surface area contributed by atoms with Crippen LogP contribution in [0, 0.1) is 11.3 Å². The number of anilines is 1. The molecular weight excluding hydrogens is 357 g/mol. The average Bonchev–Trinajstić information content (AvgIpc) is 2.64. The van der Waals surface area contributed by atoms with Crippen LogP contribution in [0.2, 0.25) is 0 Å². The molecule has 1 aliphatic rings. The SMILES string of the molecule is COC(=O)C1=C(C(=O)OC)N(c2cc(C(F)(F)F)ccc2C#N)COC1. The van der Waals surface area contributed by atoms with Crippen molar-refractivity contribution in [1.82, 2.24) is 0 Å². The first kappa shape index (κ1) is 19.3. The molecule has 0 amide bonds. The molecule has 1 aromatic carbocycles. The minimum Gasteiger partial charge on any atom is -0.466 e. The summed E-state index contributed by atoms with van der Waals surface area (Å²) in [5, 5.41) is 9.22. The zero-order chi connectivity index (χ0) is 19.5. The number of halogens is 3. The Morgan fingerprint density at radius 1 is 1.23 bits per heavy atom. The van der Waals surface area contributed by atoms with Gasteiger partial charge in [0.2, 0.25) is 0 Å². The molecule has 0 atom stereocenters. The van der Waals surface area contributed by atoms with Crippen LogP contribution < -0.4 is 4.90 Å². The van der Waals surface area contributed by atoms with E-state index in [1.54, 1.807) is 6.07 Å². The Kier molecular flexibility index (Phi) is 5.52. The van der Waals surface area contributed by atoms with E-state index in [1.807, 2.05) is 0 Å². The Balaban J connectivity index is 2.70. The minimum atomic E-state index is -4.67. The third-order valence-corrected chi connectivity index (χ3v) is 3.57. The second kappa shape index (κ2) is 7.45. The molecule has 0 fully saturated rings. The fraction of sp³-hybridized carbons (Fsp3) is 0.312. The van der Waals surface area contributed by atoms with Gasteiger partial charge >= 0.3 is 18.1 Å². The second-order valence-corrected chi connectivity index (χ2v) is 5.06. The third-order valence-electron chi connectivity index (χ3n) is 3.57. The van der Waals surface area contributed by atoms with Crippen LogP contribution in [0.15, 0.2) is 29.5 Å². The molecule has 0 aromatic heterocycles. The molecule has 1 heterocycles. The summed E-state index contributed by atoms with van der Waals surface area (Å²) in [4.78, 5) is 25.1. The quantitative estimate of drug-likeness (QED) is 0.752. The second-order valence-electron chi connectivity index (χ2n) is 5.06. The van der Waals surface area contributed by atoms with Crippen LogP contribution in [0.4, 0.5) is 18.9 Å². The van der Waals surface area contributed by atoms with Crippen LogP contribution in [-0.4, -0.2) is 39.5 Å². The number of ether oxygens (including phenoxy) is 3. The summed E-state index contributed by atoms with van der Waals surface area (Å²) >= 11 is 0. The predicted octanol–water partition coefficient (Wildman–Crippen LogP) is 1.97. The molecule has 10 heteroatoms. The van der Waals surface area contributed by atoms with Crippen molar-refractivity contribution in [3.05, 3.63) is 40.6 Å². The number of alkyl halides is 3. The van der Waals surface area contributed by atoms with Gasteiger partial charge in [0.25, 0.3) is 0 Å². The highest BCUT2D eigenvalue weighted by Crippen LogP contribution is 2.36. The number of methoxy groups -OCH3 is 2. The van der Waals surface area contributed by atoms with E-state index < -0.39 is 23.7 Å². The first-order valence-electron chi connectivity index (χ1n) is 7.11. The van der Waals surface area contributed by atoms with Gasteiger partial charge in [-0.05, 0) is 18.2 Å². The van der Waals surface area contributed by atoms with Crippen molar-refractivity contribution in [2.75, 3.05) is 32.5 Å². The number of nitriles is 1. The van der Waals surface area contributed by atoms with E-state index in [0.29, 0.717) is 6.07 Å². The molecule has 2 rings (SSSR count). The number of carbonyl (C=O) groups is 2. The minimum absolute atomic E-state index is 0.144. The predicted molar refractivity (Wildman–Crippen MR) is 80.5 cm³/mol. The molecule has 0 unspecified atom stereocenters. The smallest absolute Gasteiger partial charge is 0.416 e. The van der Waals surface area contributed by atoms with Crippen molar-refractivity contribution in [3.8, 4) is 6.07 Å². The molecule has 26 heavy (non-hydrogen) atoms. The van der Waals surface area contributed by atoms with Gasteiger partial charge < -0.3 is 19.1 Å². The zero-order valence-corrected chi connectivity index (χ0v) is 13.7. The normalized spacial score (nSPS) is 14.7. The summed E-state index contributed by atoms with van der Waals surface area (Å²) < 4.78 is 53.5. The van der Waals surface area contributed by atoms with Gasteiger partial charge in [0.05, 0.1) is 43.2 Å². The molecule has 1 aromatic rings. The number of esters is 2. The lowest BCUT2D eigenvalue weighted by atomic mass is 10.1. The lowest BCUT2D eigenvalue weighted by molar-refractivity contribution is -0.140. The molecule has 0 aliphatic carbocycles. The van der Waals surface area contributed by atoms with Gasteiger partial charge in [-0.2, -0.15) is 18.4 Å². The van der Waals surface area contributed by atoms with Crippen LogP contribution in [-0.2, 0) is 30.0 Å². The summed E-state index contributed by atoms with van der Waals surface area (Å²) in [6.07, 6.45) is -4.67. The van der Waals surface area contributed by atoms with Crippen molar-refractivity contribution < 1.29 is 37.0 Å². The highest BCUT2D eigenvalue weighted by atomic mass is 19.4. The maximum atomic E-state index is 13.0. The zero-order valence-electron chi connectivity index (χ0n) is 13.7. The third kappa shape index (κ3) is 3.62. The molecule has 138 valence electrons. The number of hydrogen-bond acceptors (Lipinski definition) is 7. The number of hydrogen-bond donors (Lipinski definition) is 0. The van der Waals surface area contributed by atoms with Crippen molar-refractivity contribution in [1.29, 1.82) is 5.26 Å². The van der Waals surface area contributed by atoms with Crippen molar-refractivity contribution in [3.63, 3.8) is 0 Å². The van der Waals surface area contributed by atoms with E-state index >= 15 is 0 Å². The van der Waals surface area contributed by atoms with Gasteiger partial charge in [0.15, 0.2) is 0 Å². The van der Waals surface area contributed by atoms with E-state index in [1.165, 1.54) is 0 Å². The molecule has 0 saturated heterocycles. The lowest BCUT2D eigenvalue weighted by Gasteiger charge is -2.32. The lowest BCUT2D eigenvalue weighted by Crippen LogP contribution is -2.39. The first-order chi connectivity index (χ1) is 12.2. The summed E-state index contributed by atoms with van der Waals surface area (Å²) in [5.74, 6) is -1.88. The highest BCUT2D eigenvalue weighted by Gasteiger charge is 2.36. The highest BCUT2D eigenvalue weighted by molar-refractivity contribution is 6.03. The van der Waals surface area contributed by atoms with Gasteiger partial charge in [-0.25, -0.2) is 9.59 Å². The summed E-state index contributed by atoms with van der Waals surface area (Å²) in [6.45, 7) is -0.657. The van der Waals surface area contributed by atoms with Crippen molar-refractivity contribution in [2.24, 2.45) is 0 Å². The number of carbonyl (C=O) groups excluding carboxylic acids is 2. The molecule has 0 radical (unpaired) electrons. The summed E-state index contributed by atoms with van der Waals surface area (Å²) in [7, 11) is 2.13. The molecular formula is C16H13F3N2O5. The van der Waals surface area contributed by atoms with Crippen LogP contribution in [0.5, 0.6) is 0 Å². The van der Waals surface area contributed by atoms with Crippen molar-refractivity contribution in [2.45, 2.75) is 6.18 Å². The monoisotopic (exact) mass is 370 g/mol. The fourth-order valence-electron chi connectivity index (χ4n) is 2.36. The maximum absolute atomic E-state index is 13.0. The molecule has 7 nitrogen and oxygen atoms in total. The maximum Gasteiger partial charge on any atom is 0.416 e. The van der Waals surface area contributed by atoms with Gasteiger partial charge in [-0.1, -0.05) is 0 Å². The van der Waals surface area contributed by atoms with Crippen LogP contribution >= 0.6 is 0 Å². The Morgan fingerprint density at radius 3 is 2.42 bits per heavy atom. The molecule has 1 aliphatic heterocycles. The Morgan fingerprint density at radius 2 is 1.88 bits per heavy atom. The largest absolute Gasteiger partial charge is 0.466 e. The topological polar surface area (TPSA) is 88.9 Å². The molecule has 0 saturated carbocycles. The van der Waals surface area contributed by atoms with Gasteiger partial charge in [-0.15, -0.1) is 0 Å². The van der Waals surface area contributed by atoms with Crippen LogP contribution in [0.25, 0.3) is 0 Å². The van der Waals surface area contributed by atoms with E-state index in [0.717, 1.165) is 31.3 Å². The van der Waals surface area contributed by atoms with E-state index in [2.05, 4.69) is 9.47 Å². The molecule has 0 bridgehead atoms. The van der Waals surface area contributed by atoms with Gasteiger partial charge in [0, 0.05) is 0 Å². The number of rotatable bonds is 3. The van der Waals surface area contributed by atoms with Gasteiger partial charge in [0.1, 0.15) is 18.5 Å². The fourth-order valence-corrected chi connectivity index (χ4v) is 2.36. The van der Waals surface area contributed by atoms with E-state index in [-0.39, 0.29) is 35.9 Å². The molecule has 0 spiro atoms. The number of nitrogens with zero attached hydrogens (tertiary/aromatic N) is 2. The first-order valence-corrected chi connectivity index (χ1v) is 7.11. The van der Waals surface area contributed by atoms with Crippen LogP contribution in [0.1, 0.15) is 11.1 Å². The Labute approximate surface area is 146 Å². The van der Waals surface area contributed by atoms with Gasteiger partial charge in [-0.3, -0.25) is 0 Å². The average molecular weight is 370 g/mol. The Hall–Kier alpha value is -3.06. The molecule has 0 N–H and O–H groups in total. The summed E-state index contributed by atoms with van der Waals surface area (Å²) in [6, 6.07) is 4.17. The van der Waals surface area contributed by atoms with Crippen molar-refractivity contribution >= 4 is 17.6 Å². The van der Waals surface area contributed by atoms with E-state index in [9.17, 15) is 28.0 Å². The standard InChI is InChI=1S/C16H13F3N2O5/c1-24-14(22)11-7-26-8-21(13(11)15(23)25-2)12-5-10(16(17,18)19)4-3-9(12)6-20/h3-5H,7-8H2,1-2H3. The van der Waals surface area contributed by atoms with E-state index in [4.69, 9.17) is 4.74 Å². The Bertz CT molecular complexity index is 811. The van der Waals surface area contributed by atoms with Crippen LogP contribution in [0.3, 0.4) is 0 Å². The summed E-state index contributed by atoms with van der Waals surface area (Å²) in [5.41, 5.74) is -1.99. The number of benzene rings is 1.